The van der Waals surface area contributed by atoms with E-state index >= 15 is 0 Å². The van der Waals surface area contributed by atoms with E-state index in [1.165, 1.54) is 0 Å². The van der Waals surface area contributed by atoms with Gasteiger partial charge in [0.25, 0.3) is 0 Å². The molecule has 0 aliphatic carbocycles. The first-order valence-electron chi connectivity index (χ1n) is 8.21. The maximum Gasteiger partial charge on any atom is 0.226 e. The highest BCUT2D eigenvalue weighted by atomic mass is 35.5. The summed E-state index contributed by atoms with van der Waals surface area (Å²) in [5.41, 5.74) is 10.1. The zero-order valence-electron chi connectivity index (χ0n) is 13.7. The van der Waals surface area contributed by atoms with Crippen molar-refractivity contribution >= 4 is 28.8 Å². The van der Waals surface area contributed by atoms with Gasteiger partial charge in [-0.25, -0.2) is 19.5 Å². The average molecular weight is 367 g/mol. The van der Waals surface area contributed by atoms with Crippen molar-refractivity contribution in [2.45, 2.75) is 12.5 Å². The Bertz CT molecular complexity index is 1080. The molecule has 0 bridgehead atoms. The van der Waals surface area contributed by atoms with Crippen molar-refractivity contribution in [2.24, 2.45) is 0 Å². The lowest BCUT2D eigenvalue weighted by molar-refractivity contribution is 0.602. The molecule has 0 fully saturated rings. The summed E-state index contributed by atoms with van der Waals surface area (Å²) >= 11 is 6.29. The van der Waals surface area contributed by atoms with Gasteiger partial charge in [0.05, 0.1) is 41.3 Å². The predicted octanol–water partition coefficient (Wildman–Crippen LogP) is 2.24. The van der Waals surface area contributed by atoms with Crippen LogP contribution in [0.1, 0.15) is 23.1 Å². The highest BCUT2D eigenvalue weighted by Gasteiger charge is 2.34. The first-order chi connectivity index (χ1) is 12.7. The third kappa shape index (κ3) is 2.30. The Morgan fingerprint density at radius 3 is 2.85 bits per heavy atom. The standard InChI is InChI=1S/C17H15ClN8/c18-14-3-1-2-11-6-13(24-26(11)14)16-15-12(22-9-23-15)4-5-25(16)17-20-7-10(19)8-21-17/h1-3,6-9,16H,4-5,19H2,(H,22,23). The van der Waals surface area contributed by atoms with Crippen LogP contribution in [0.4, 0.5) is 11.6 Å². The molecule has 1 unspecified atom stereocenters. The van der Waals surface area contributed by atoms with Gasteiger partial charge in [-0.2, -0.15) is 5.10 Å². The number of anilines is 2. The van der Waals surface area contributed by atoms with Crippen LogP contribution in [0, 0.1) is 0 Å². The molecule has 9 heteroatoms. The van der Waals surface area contributed by atoms with Gasteiger partial charge in [-0.15, -0.1) is 0 Å². The molecule has 0 aromatic carbocycles. The van der Waals surface area contributed by atoms with E-state index in [9.17, 15) is 0 Å². The van der Waals surface area contributed by atoms with Gasteiger partial charge in [-0.3, -0.25) is 0 Å². The summed E-state index contributed by atoms with van der Waals surface area (Å²) in [4.78, 5) is 18.7. The van der Waals surface area contributed by atoms with Gasteiger partial charge in [0.15, 0.2) is 0 Å². The van der Waals surface area contributed by atoms with Crippen LogP contribution in [-0.2, 0) is 6.42 Å². The van der Waals surface area contributed by atoms with E-state index in [2.05, 4.69) is 24.8 Å². The number of nitrogens with zero attached hydrogens (tertiary/aromatic N) is 6. The van der Waals surface area contributed by atoms with Crippen molar-refractivity contribution in [3.8, 4) is 0 Å². The van der Waals surface area contributed by atoms with E-state index in [-0.39, 0.29) is 6.04 Å². The van der Waals surface area contributed by atoms with Gasteiger partial charge in [0.2, 0.25) is 5.95 Å². The number of aromatic amines is 1. The fraction of sp³-hybridized carbons (Fsp3) is 0.176. The van der Waals surface area contributed by atoms with Crippen LogP contribution < -0.4 is 10.6 Å². The van der Waals surface area contributed by atoms with Crippen LogP contribution >= 0.6 is 11.6 Å². The van der Waals surface area contributed by atoms with E-state index in [1.54, 1.807) is 23.2 Å². The summed E-state index contributed by atoms with van der Waals surface area (Å²) in [6.45, 7) is 0.741. The Balaban J connectivity index is 1.68. The van der Waals surface area contributed by atoms with Gasteiger partial charge in [0.1, 0.15) is 11.2 Å². The second kappa shape index (κ2) is 5.70. The van der Waals surface area contributed by atoms with Crippen molar-refractivity contribution in [3.63, 3.8) is 0 Å². The molecule has 4 aromatic heterocycles. The average Bonchev–Trinajstić information content (AvgIpc) is 3.29. The van der Waals surface area contributed by atoms with Crippen LogP contribution in [-0.4, -0.2) is 36.1 Å². The highest BCUT2D eigenvalue weighted by molar-refractivity contribution is 6.29. The highest BCUT2D eigenvalue weighted by Crippen LogP contribution is 2.35. The number of imidazole rings is 1. The van der Waals surface area contributed by atoms with Crippen molar-refractivity contribution < 1.29 is 0 Å². The second-order valence-electron chi connectivity index (χ2n) is 6.18. The Morgan fingerprint density at radius 1 is 1.19 bits per heavy atom. The Morgan fingerprint density at radius 2 is 2.04 bits per heavy atom. The first-order valence-corrected chi connectivity index (χ1v) is 8.59. The molecule has 1 aliphatic heterocycles. The fourth-order valence-electron chi connectivity index (χ4n) is 3.41. The molecule has 0 spiro atoms. The number of fused-ring (bicyclic) bond motifs is 2. The molecule has 0 saturated carbocycles. The van der Waals surface area contributed by atoms with Crippen LogP contribution in [0.2, 0.25) is 5.15 Å². The van der Waals surface area contributed by atoms with Crippen molar-refractivity contribution in [2.75, 3.05) is 17.2 Å². The predicted molar refractivity (Wildman–Crippen MR) is 98.1 cm³/mol. The minimum absolute atomic E-state index is 0.204. The molecular formula is C17H15ClN8. The maximum atomic E-state index is 6.29. The molecular weight excluding hydrogens is 352 g/mol. The van der Waals surface area contributed by atoms with E-state index in [4.69, 9.17) is 22.4 Å². The Labute approximate surface area is 153 Å². The molecule has 0 radical (unpaired) electrons. The van der Waals surface area contributed by atoms with Crippen molar-refractivity contribution in [3.05, 3.63) is 65.2 Å². The van der Waals surface area contributed by atoms with Gasteiger partial charge >= 0.3 is 0 Å². The number of nitrogens with one attached hydrogen (secondary N) is 1. The molecule has 130 valence electrons. The molecule has 4 aromatic rings. The van der Waals surface area contributed by atoms with Crippen molar-refractivity contribution in [1.82, 2.24) is 29.5 Å². The number of hydrogen-bond acceptors (Lipinski definition) is 6. The van der Waals surface area contributed by atoms with Crippen molar-refractivity contribution in [1.29, 1.82) is 0 Å². The summed E-state index contributed by atoms with van der Waals surface area (Å²) in [5.74, 6) is 0.598. The topological polar surface area (TPSA) is 101 Å². The lowest BCUT2D eigenvalue weighted by atomic mass is 10.0. The zero-order valence-corrected chi connectivity index (χ0v) is 14.4. The Kier molecular flexibility index (Phi) is 3.32. The fourth-order valence-corrected chi connectivity index (χ4v) is 3.61. The van der Waals surface area contributed by atoms with E-state index in [1.807, 2.05) is 24.3 Å². The maximum absolute atomic E-state index is 6.29. The van der Waals surface area contributed by atoms with E-state index in [0.717, 1.165) is 35.6 Å². The van der Waals surface area contributed by atoms with Crippen LogP contribution in [0.5, 0.6) is 0 Å². The van der Waals surface area contributed by atoms with Gasteiger partial charge in [-0.1, -0.05) is 17.7 Å². The minimum Gasteiger partial charge on any atom is -0.396 e. The molecule has 5 heterocycles. The smallest absolute Gasteiger partial charge is 0.226 e. The number of H-pyrrole nitrogens is 1. The monoisotopic (exact) mass is 366 g/mol. The third-order valence-corrected chi connectivity index (χ3v) is 4.87. The third-order valence-electron chi connectivity index (χ3n) is 4.58. The summed E-state index contributed by atoms with van der Waals surface area (Å²) in [6.07, 6.45) is 5.77. The number of aromatic nitrogens is 6. The van der Waals surface area contributed by atoms with E-state index in [0.29, 0.717) is 16.8 Å². The molecule has 26 heavy (non-hydrogen) atoms. The lowest BCUT2D eigenvalue weighted by Gasteiger charge is -2.33. The first kappa shape index (κ1) is 15.2. The van der Waals surface area contributed by atoms with Crippen LogP contribution in [0.3, 0.4) is 0 Å². The molecule has 3 N–H and O–H groups in total. The molecule has 0 saturated heterocycles. The van der Waals surface area contributed by atoms with Crippen LogP contribution in [0.15, 0.2) is 43.0 Å². The Hall–Kier alpha value is -3.13. The molecule has 1 aliphatic rings. The summed E-state index contributed by atoms with van der Waals surface area (Å²) < 4.78 is 1.72. The largest absolute Gasteiger partial charge is 0.396 e. The summed E-state index contributed by atoms with van der Waals surface area (Å²) in [6, 6.07) is 7.51. The lowest BCUT2D eigenvalue weighted by Crippen LogP contribution is -2.37. The summed E-state index contributed by atoms with van der Waals surface area (Å²) in [5, 5.41) is 5.27. The SMILES string of the molecule is Nc1cnc(N2CCc3[nH]cnc3C2c2cc3cccc(Cl)n3n2)nc1. The minimum atomic E-state index is -0.204. The van der Waals surface area contributed by atoms with Crippen LogP contribution in [0.25, 0.3) is 5.52 Å². The second-order valence-corrected chi connectivity index (χ2v) is 6.57. The van der Waals surface area contributed by atoms with Gasteiger partial charge in [0, 0.05) is 18.7 Å². The molecule has 5 rings (SSSR count). The molecule has 8 nitrogen and oxygen atoms in total. The zero-order chi connectivity index (χ0) is 17.7. The number of hydrogen-bond donors (Lipinski definition) is 2. The normalized spacial score (nSPS) is 16.8. The summed E-state index contributed by atoms with van der Waals surface area (Å²) in [7, 11) is 0. The number of nitrogens with two attached hydrogens (primary N) is 1. The number of pyridine rings is 1. The molecule has 1 atom stereocenters. The number of rotatable bonds is 2. The van der Waals surface area contributed by atoms with Gasteiger partial charge in [-0.05, 0) is 18.2 Å². The van der Waals surface area contributed by atoms with E-state index < -0.39 is 0 Å². The quantitative estimate of drug-likeness (QED) is 0.527. The van der Waals surface area contributed by atoms with Gasteiger partial charge < -0.3 is 15.6 Å². The number of halogens is 1. The molecule has 0 amide bonds. The number of nitrogen functional groups attached to an aromatic ring is 1.